The van der Waals surface area contributed by atoms with Gasteiger partial charge >= 0.3 is 0 Å². The lowest BCUT2D eigenvalue weighted by Gasteiger charge is -2.26. The van der Waals surface area contributed by atoms with E-state index in [2.05, 4.69) is 86.7 Å². The number of nitrogens with two attached hydrogens (primary N) is 1. The highest BCUT2D eigenvalue weighted by molar-refractivity contribution is 5.82. The van der Waals surface area contributed by atoms with Crippen LogP contribution in [0, 0.1) is 6.92 Å². The van der Waals surface area contributed by atoms with Gasteiger partial charge in [-0.25, -0.2) is 0 Å². The van der Waals surface area contributed by atoms with Crippen molar-refractivity contribution < 1.29 is 9.88 Å². The molecule has 1 aromatic rings. The van der Waals surface area contributed by atoms with Crippen LogP contribution in [0.2, 0.25) is 0 Å². The Labute approximate surface area is 152 Å². The van der Waals surface area contributed by atoms with Gasteiger partial charge in [0.25, 0.3) is 0 Å². The maximum Gasteiger partial charge on any atom is 0.213 e. The van der Waals surface area contributed by atoms with Gasteiger partial charge in [-0.3, -0.25) is 0 Å². The molecule has 3 heterocycles. The molecule has 1 unspecified atom stereocenters. The maximum absolute atomic E-state index is 4.45. The maximum atomic E-state index is 4.45. The highest BCUT2D eigenvalue weighted by Crippen LogP contribution is 2.35. The summed E-state index contributed by atoms with van der Waals surface area (Å²) in [5.41, 5.74) is 9.45. The monoisotopic (exact) mass is 334 g/mol. The van der Waals surface area contributed by atoms with E-state index in [-0.39, 0.29) is 0 Å². The molecule has 0 aromatic carbocycles. The second-order valence-electron chi connectivity index (χ2n) is 7.00. The van der Waals surface area contributed by atoms with Crippen molar-refractivity contribution in [2.75, 3.05) is 0 Å². The van der Waals surface area contributed by atoms with Crippen molar-refractivity contribution in [2.45, 2.75) is 53.1 Å². The lowest BCUT2D eigenvalue weighted by atomic mass is 9.83. The second kappa shape index (κ2) is 7.37. The van der Waals surface area contributed by atoms with Crippen LogP contribution in [0.4, 0.5) is 0 Å². The average molecular weight is 335 g/mol. The minimum atomic E-state index is 0.300. The van der Waals surface area contributed by atoms with Gasteiger partial charge in [0.15, 0.2) is 12.2 Å². The van der Waals surface area contributed by atoms with Gasteiger partial charge in [0.1, 0.15) is 11.7 Å². The summed E-state index contributed by atoms with van der Waals surface area (Å²) in [6.07, 6.45) is 11.0. The first-order valence-electron chi connectivity index (χ1n) is 9.34. The third kappa shape index (κ3) is 3.32. The summed E-state index contributed by atoms with van der Waals surface area (Å²) >= 11 is 0. The number of aryl methyl sites for hydroxylation is 1. The molecule has 0 fully saturated rings. The van der Waals surface area contributed by atoms with E-state index in [1.54, 1.807) is 0 Å². The molecular formula is C23H30N2+2. The SMILES string of the molecule is C=C(CC)/C(=C1\C(=C/C)CC[n+]2c(C)cccc21)C1C=CC=C(C)[NH2+]1. The van der Waals surface area contributed by atoms with Crippen LogP contribution in [0.25, 0.3) is 5.57 Å². The molecule has 2 N–H and O–H groups in total. The number of rotatable bonds is 3. The van der Waals surface area contributed by atoms with Crippen LogP contribution < -0.4 is 9.88 Å². The Morgan fingerprint density at radius 1 is 1.36 bits per heavy atom. The molecule has 2 nitrogen and oxygen atoms in total. The van der Waals surface area contributed by atoms with E-state index in [0.29, 0.717) is 6.04 Å². The van der Waals surface area contributed by atoms with E-state index in [1.807, 2.05) is 0 Å². The molecule has 25 heavy (non-hydrogen) atoms. The summed E-state index contributed by atoms with van der Waals surface area (Å²) in [6.45, 7) is 14.3. The number of quaternary nitrogens is 1. The molecule has 1 atom stereocenters. The lowest BCUT2D eigenvalue weighted by Crippen LogP contribution is -2.88. The third-order valence-corrected chi connectivity index (χ3v) is 5.37. The molecule has 1 aromatic heterocycles. The molecule has 2 aliphatic heterocycles. The van der Waals surface area contributed by atoms with Gasteiger partial charge in [-0.1, -0.05) is 25.7 Å². The summed E-state index contributed by atoms with van der Waals surface area (Å²) in [4.78, 5) is 0. The van der Waals surface area contributed by atoms with Crippen molar-refractivity contribution in [3.63, 3.8) is 0 Å². The van der Waals surface area contributed by atoms with Crippen molar-refractivity contribution in [3.8, 4) is 0 Å². The van der Waals surface area contributed by atoms with E-state index in [4.69, 9.17) is 0 Å². The number of fused-ring (bicyclic) bond motifs is 1. The zero-order chi connectivity index (χ0) is 18.0. The number of nitrogens with zero attached hydrogens (tertiary/aromatic N) is 1. The fraction of sp³-hybridized carbons (Fsp3) is 0.348. The molecule has 2 heteroatoms. The number of hydrogen-bond acceptors (Lipinski definition) is 0. The molecule has 0 saturated carbocycles. The topological polar surface area (TPSA) is 20.5 Å². The summed E-state index contributed by atoms with van der Waals surface area (Å²) in [5, 5.41) is 2.37. The third-order valence-electron chi connectivity index (χ3n) is 5.37. The van der Waals surface area contributed by atoms with Gasteiger partial charge in [-0.2, -0.15) is 4.57 Å². The summed E-state index contributed by atoms with van der Waals surface area (Å²) in [5.74, 6) is 0. The number of allylic oxidation sites excluding steroid dienone is 6. The van der Waals surface area contributed by atoms with E-state index in [0.717, 1.165) is 19.4 Å². The summed E-state index contributed by atoms with van der Waals surface area (Å²) in [7, 11) is 0. The van der Waals surface area contributed by atoms with Gasteiger partial charge in [-0.05, 0) is 42.7 Å². The van der Waals surface area contributed by atoms with E-state index >= 15 is 0 Å². The fourth-order valence-electron chi connectivity index (χ4n) is 3.96. The quantitative estimate of drug-likeness (QED) is 0.813. The van der Waals surface area contributed by atoms with Crippen molar-refractivity contribution in [3.05, 3.63) is 82.9 Å². The number of pyridine rings is 1. The van der Waals surface area contributed by atoms with Crippen molar-refractivity contribution >= 4 is 5.57 Å². The van der Waals surface area contributed by atoms with Crippen molar-refractivity contribution in [2.24, 2.45) is 0 Å². The minimum absolute atomic E-state index is 0.300. The number of aromatic nitrogens is 1. The van der Waals surface area contributed by atoms with Crippen LogP contribution in [0.5, 0.6) is 0 Å². The molecule has 0 amide bonds. The van der Waals surface area contributed by atoms with E-state index in [9.17, 15) is 0 Å². The largest absolute Gasteiger partial charge is 0.308 e. The normalized spacial score (nSPS) is 23.3. The Hall–Kier alpha value is -2.19. The highest BCUT2D eigenvalue weighted by Gasteiger charge is 2.33. The molecule has 130 valence electrons. The molecule has 0 spiro atoms. The van der Waals surface area contributed by atoms with Crippen molar-refractivity contribution in [1.82, 2.24) is 0 Å². The van der Waals surface area contributed by atoms with Crippen LogP contribution >= 0.6 is 0 Å². The minimum Gasteiger partial charge on any atom is -0.308 e. The van der Waals surface area contributed by atoms with Gasteiger partial charge in [0.05, 0.1) is 5.57 Å². The summed E-state index contributed by atoms with van der Waals surface area (Å²) in [6, 6.07) is 6.95. The lowest BCUT2D eigenvalue weighted by molar-refractivity contribution is -0.706. The Kier molecular flexibility index (Phi) is 5.19. The number of hydrogen-bond donors (Lipinski definition) is 1. The molecule has 0 bridgehead atoms. The first-order valence-corrected chi connectivity index (χ1v) is 9.34. The first kappa shape index (κ1) is 17.6. The van der Waals surface area contributed by atoms with Crippen LogP contribution in [0.3, 0.4) is 0 Å². The fourth-order valence-corrected chi connectivity index (χ4v) is 3.96. The Morgan fingerprint density at radius 3 is 2.84 bits per heavy atom. The molecule has 3 rings (SSSR count). The Morgan fingerprint density at radius 2 is 2.16 bits per heavy atom. The van der Waals surface area contributed by atoms with E-state index in [1.165, 1.54) is 39.4 Å². The van der Waals surface area contributed by atoms with Crippen LogP contribution in [-0.2, 0) is 6.54 Å². The summed E-state index contributed by atoms with van der Waals surface area (Å²) < 4.78 is 2.46. The second-order valence-corrected chi connectivity index (χ2v) is 7.00. The van der Waals surface area contributed by atoms with Gasteiger partial charge < -0.3 is 5.32 Å². The average Bonchev–Trinajstić information content (AvgIpc) is 2.62. The molecule has 0 saturated heterocycles. The van der Waals surface area contributed by atoms with Gasteiger partial charge in [0.2, 0.25) is 5.69 Å². The van der Waals surface area contributed by atoms with E-state index < -0.39 is 0 Å². The zero-order valence-electron chi connectivity index (χ0n) is 16.0. The van der Waals surface area contributed by atoms with Gasteiger partial charge in [0, 0.05) is 38.0 Å². The molecule has 2 aliphatic rings. The predicted octanol–water partition coefficient (Wildman–Crippen LogP) is 3.76. The Balaban J connectivity index is 2.28. The molecule has 0 aliphatic carbocycles. The van der Waals surface area contributed by atoms with Crippen molar-refractivity contribution in [1.29, 1.82) is 0 Å². The smallest absolute Gasteiger partial charge is 0.213 e. The van der Waals surface area contributed by atoms with Gasteiger partial charge in [-0.15, -0.1) is 0 Å². The Bertz CT molecular complexity index is 818. The zero-order valence-corrected chi connectivity index (χ0v) is 16.0. The highest BCUT2D eigenvalue weighted by atomic mass is 15.0. The standard InChI is InChI=1S/C23H29N2/c1-6-16(3)22(20-12-8-10-17(4)24-20)23-19(7-2)14-15-25-18(5)11-9-13-21(23)25/h7-13,20,24H,3,6,14-15H2,1-2,4-5H3/q+1/p+1/b19-7-,23-22-. The predicted molar refractivity (Wildman–Crippen MR) is 105 cm³/mol. The van der Waals surface area contributed by atoms with Crippen LogP contribution in [-0.4, -0.2) is 6.04 Å². The molecule has 0 radical (unpaired) electrons. The molecular weight excluding hydrogens is 304 g/mol. The van der Waals surface area contributed by atoms with Crippen LogP contribution in [0.1, 0.15) is 45.0 Å². The first-order chi connectivity index (χ1) is 12.1. The van der Waals surface area contributed by atoms with Crippen LogP contribution in [0.15, 0.2) is 71.5 Å².